The number of aromatic nitrogens is 1. The summed E-state index contributed by atoms with van der Waals surface area (Å²) in [5.41, 5.74) is 2.30. The molecule has 2 N–H and O–H groups in total. The van der Waals surface area contributed by atoms with E-state index in [0.717, 1.165) is 16.9 Å². The Labute approximate surface area is 188 Å². The number of benzene rings is 2. The van der Waals surface area contributed by atoms with Crippen LogP contribution in [0, 0.1) is 6.92 Å². The minimum absolute atomic E-state index is 0.0656. The van der Waals surface area contributed by atoms with Gasteiger partial charge in [0.25, 0.3) is 0 Å². The van der Waals surface area contributed by atoms with Crippen LogP contribution in [0.3, 0.4) is 0 Å². The van der Waals surface area contributed by atoms with E-state index in [0.29, 0.717) is 38.8 Å². The average molecular weight is 448 g/mol. The summed E-state index contributed by atoms with van der Waals surface area (Å²) in [4.78, 5) is 31.1. The zero-order valence-electron chi connectivity index (χ0n) is 17.7. The molecule has 0 bridgehead atoms. The Bertz CT molecular complexity index is 1320. The molecule has 0 unspecified atom stereocenters. The number of pyridine rings is 1. The predicted octanol–water partition coefficient (Wildman–Crippen LogP) is 6.81. The lowest BCUT2D eigenvalue weighted by Crippen LogP contribution is -2.34. The number of carbonyl (C=O) groups excluding carboxylic acids is 1. The molecule has 0 fully saturated rings. The summed E-state index contributed by atoms with van der Waals surface area (Å²) < 4.78 is 6.01. The third kappa shape index (κ3) is 3.54. The van der Waals surface area contributed by atoms with Crippen molar-refractivity contribution < 1.29 is 19.4 Å². The van der Waals surface area contributed by atoms with E-state index in [1.54, 1.807) is 12.3 Å². The molecule has 2 aromatic heterocycles. The van der Waals surface area contributed by atoms with E-state index in [4.69, 9.17) is 4.74 Å². The number of carboxylic acids is 1. The number of carbonyl (C=O) groups is 2. The minimum atomic E-state index is -1.10. The molecule has 162 valence electrons. The van der Waals surface area contributed by atoms with Gasteiger partial charge in [-0.25, -0.2) is 14.6 Å². The Morgan fingerprint density at radius 3 is 2.53 bits per heavy atom. The molecule has 2 aromatic carbocycles. The standard InChI is InChI=1S/C22H15N3O4S.C2H6/c1-12-14(8-5-9-16(12)29-13-6-3-2-4-7-13)25-15-10-11-23-20-17(15)18(24-22(25)28)19(30-20)21(26)27;1-2/h2-11H,1H3,(H,24,28)(H,26,27);1-2H3. The van der Waals surface area contributed by atoms with Crippen molar-refractivity contribution in [3.05, 3.63) is 71.2 Å². The zero-order valence-corrected chi connectivity index (χ0v) is 18.6. The smallest absolute Gasteiger partial charge is 0.348 e. The summed E-state index contributed by atoms with van der Waals surface area (Å²) in [6, 6.07) is 16.2. The van der Waals surface area contributed by atoms with Gasteiger partial charge in [0.05, 0.1) is 22.4 Å². The molecule has 0 spiro atoms. The fourth-order valence-corrected chi connectivity index (χ4v) is 4.50. The molecule has 5 rings (SSSR count). The van der Waals surface area contributed by atoms with E-state index in [1.807, 2.05) is 69.3 Å². The van der Waals surface area contributed by atoms with Crippen LogP contribution in [0.2, 0.25) is 0 Å². The molecule has 0 atom stereocenters. The van der Waals surface area contributed by atoms with Gasteiger partial charge in [-0.2, -0.15) is 0 Å². The van der Waals surface area contributed by atoms with E-state index in [9.17, 15) is 14.7 Å². The summed E-state index contributed by atoms with van der Waals surface area (Å²) in [5.74, 6) is 0.222. The monoisotopic (exact) mass is 447 g/mol. The van der Waals surface area contributed by atoms with Crippen LogP contribution >= 0.6 is 11.3 Å². The number of aromatic carboxylic acids is 1. The highest BCUT2D eigenvalue weighted by atomic mass is 32.1. The number of ether oxygens (including phenoxy) is 1. The quantitative estimate of drug-likeness (QED) is 0.359. The van der Waals surface area contributed by atoms with Crippen molar-refractivity contribution in [2.24, 2.45) is 0 Å². The first-order chi connectivity index (χ1) is 15.5. The maximum Gasteiger partial charge on any atom is 0.348 e. The average Bonchev–Trinajstić information content (AvgIpc) is 3.18. The third-order valence-corrected chi connectivity index (χ3v) is 5.99. The molecule has 4 aromatic rings. The molecule has 0 radical (unpaired) electrons. The molecular weight excluding hydrogens is 426 g/mol. The molecule has 7 nitrogen and oxygen atoms in total. The lowest BCUT2D eigenvalue weighted by atomic mass is 10.1. The minimum Gasteiger partial charge on any atom is -0.477 e. The molecule has 3 heterocycles. The van der Waals surface area contributed by atoms with Crippen molar-refractivity contribution in [2.45, 2.75) is 20.8 Å². The van der Waals surface area contributed by atoms with E-state index >= 15 is 0 Å². The Kier molecular flexibility index (Phi) is 5.79. The largest absolute Gasteiger partial charge is 0.477 e. The van der Waals surface area contributed by atoms with Gasteiger partial charge in [0.15, 0.2) is 0 Å². The number of nitrogens with one attached hydrogen (secondary N) is 1. The summed E-state index contributed by atoms with van der Waals surface area (Å²) >= 11 is 1.04. The van der Waals surface area contributed by atoms with Crippen LogP contribution in [0.5, 0.6) is 11.5 Å². The van der Waals surface area contributed by atoms with E-state index in [2.05, 4.69) is 10.3 Å². The first kappa shape index (κ1) is 21.3. The van der Waals surface area contributed by atoms with Gasteiger partial charge in [0, 0.05) is 11.8 Å². The summed E-state index contributed by atoms with van der Waals surface area (Å²) in [6.45, 7) is 5.88. The molecule has 32 heavy (non-hydrogen) atoms. The van der Waals surface area contributed by atoms with Crippen LogP contribution in [0.25, 0.3) is 10.2 Å². The number of thiophene rings is 1. The van der Waals surface area contributed by atoms with Crippen molar-refractivity contribution in [1.82, 2.24) is 4.98 Å². The van der Waals surface area contributed by atoms with Gasteiger partial charge >= 0.3 is 12.0 Å². The molecule has 2 amide bonds. The van der Waals surface area contributed by atoms with E-state index < -0.39 is 12.0 Å². The lowest BCUT2D eigenvalue weighted by molar-refractivity contribution is 0.0703. The van der Waals surface area contributed by atoms with Crippen molar-refractivity contribution in [3.8, 4) is 11.5 Å². The van der Waals surface area contributed by atoms with Crippen LogP contribution < -0.4 is 15.0 Å². The summed E-state index contributed by atoms with van der Waals surface area (Å²) in [6.07, 6.45) is 1.58. The maximum atomic E-state index is 13.1. The van der Waals surface area contributed by atoms with Gasteiger partial charge in [0.2, 0.25) is 0 Å². The molecule has 0 saturated carbocycles. The number of carboxylic acid groups (broad SMARTS) is 1. The van der Waals surface area contributed by atoms with Crippen LogP contribution in [0.15, 0.2) is 60.8 Å². The predicted molar refractivity (Wildman–Crippen MR) is 127 cm³/mol. The Morgan fingerprint density at radius 2 is 1.81 bits per heavy atom. The van der Waals surface area contributed by atoms with Gasteiger partial charge in [0.1, 0.15) is 21.2 Å². The van der Waals surface area contributed by atoms with Crippen molar-refractivity contribution >= 4 is 50.6 Å². The van der Waals surface area contributed by atoms with Gasteiger partial charge in [-0.1, -0.05) is 38.1 Å². The summed E-state index contributed by atoms with van der Waals surface area (Å²) in [5, 5.41) is 12.9. The number of hydrogen-bond donors (Lipinski definition) is 2. The fourth-order valence-electron chi connectivity index (χ4n) is 3.55. The molecule has 8 heteroatoms. The van der Waals surface area contributed by atoms with Gasteiger partial charge in [-0.3, -0.25) is 4.90 Å². The SMILES string of the molecule is CC.Cc1c(Oc2ccccc2)cccc1N1C(=O)Nc2c(C(=O)O)sc3nccc1c23. The highest BCUT2D eigenvalue weighted by Gasteiger charge is 2.33. The normalized spacial score (nSPS) is 12.1. The van der Waals surface area contributed by atoms with Gasteiger partial charge < -0.3 is 15.2 Å². The second kappa shape index (κ2) is 8.68. The van der Waals surface area contributed by atoms with Crippen LogP contribution in [-0.2, 0) is 0 Å². The zero-order chi connectivity index (χ0) is 22.8. The topological polar surface area (TPSA) is 91.8 Å². The third-order valence-electron chi connectivity index (χ3n) is 4.91. The highest BCUT2D eigenvalue weighted by Crippen LogP contribution is 2.47. The fraction of sp³-hybridized carbons (Fsp3) is 0.125. The number of amides is 2. The number of urea groups is 1. The van der Waals surface area contributed by atoms with Crippen molar-refractivity contribution in [1.29, 1.82) is 0 Å². The number of nitrogens with zero attached hydrogens (tertiary/aromatic N) is 2. The Balaban J connectivity index is 0.00000119. The molecule has 0 aliphatic carbocycles. The van der Waals surface area contributed by atoms with Gasteiger partial charge in [-0.05, 0) is 37.3 Å². The number of rotatable bonds is 4. The van der Waals surface area contributed by atoms with E-state index in [-0.39, 0.29) is 4.88 Å². The van der Waals surface area contributed by atoms with Gasteiger partial charge in [-0.15, -0.1) is 11.3 Å². The Morgan fingerprint density at radius 1 is 1.06 bits per heavy atom. The lowest BCUT2D eigenvalue weighted by Gasteiger charge is -2.29. The van der Waals surface area contributed by atoms with Crippen LogP contribution in [0.1, 0.15) is 29.1 Å². The number of anilines is 3. The number of para-hydroxylation sites is 1. The molecule has 0 saturated heterocycles. The van der Waals surface area contributed by atoms with Crippen LogP contribution in [0.4, 0.5) is 21.9 Å². The Hall–Kier alpha value is -3.91. The van der Waals surface area contributed by atoms with Crippen molar-refractivity contribution in [2.75, 3.05) is 10.2 Å². The summed E-state index contributed by atoms with van der Waals surface area (Å²) in [7, 11) is 0. The van der Waals surface area contributed by atoms with Crippen LogP contribution in [-0.4, -0.2) is 22.1 Å². The molecular formula is C24H21N3O4S. The number of hydrogen-bond acceptors (Lipinski definition) is 5. The second-order valence-corrected chi connectivity index (χ2v) is 7.70. The molecule has 1 aliphatic rings. The first-order valence-electron chi connectivity index (χ1n) is 10.1. The second-order valence-electron chi connectivity index (χ2n) is 6.70. The van der Waals surface area contributed by atoms with E-state index in [1.165, 1.54) is 4.90 Å². The molecule has 1 aliphatic heterocycles. The van der Waals surface area contributed by atoms with Crippen molar-refractivity contribution in [3.63, 3.8) is 0 Å². The maximum absolute atomic E-state index is 13.1. The highest BCUT2D eigenvalue weighted by molar-refractivity contribution is 7.21. The first-order valence-corrected chi connectivity index (χ1v) is 10.9.